The van der Waals surface area contributed by atoms with E-state index in [2.05, 4.69) is 11.9 Å². The highest BCUT2D eigenvalue weighted by Crippen LogP contribution is 2.20. The van der Waals surface area contributed by atoms with E-state index in [-0.39, 0.29) is 6.10 Å². The first kappa shape index (κ1) is 14.2. The van der Waals surface area contributed by atoms with Gasteiger partial charge >= 0.3 is 0 Å². The largest absolute Gasteiger partial charge is 0.491 e. The molecule has 1 aromatic carbocycles. The molecule has 1 aromatic rings. The number of nitrogens with zero attached hydrogens (tertiary/aromatic N) is 1. The summed E-state index contributed by atoms with van der Waals surface area (Å²) in [6, 6.07) is 5.78. The second kappa shape index (κ2) is 6.32. The Morgan fingerprint density at radius 1 is 1.58 bits per heavy atom. The number of aryl methyl sites for hydroxylation is 1. The van der Waals surface area contributed by atoms with Crippen molar-refractivity contribution in [1.82, 2.24) is 4.90 Å². The molecule has 1 aliphatic heterocycles. The van der Waals surface area contributed by atoms with Crippen LogP contribution < -0.4 is 10.5 Å². The summed E-state index contributed by atoms with van der Waals surface area (Å²) in [5.41, 5.74) is 7.54. The Hall–Kier alpha value is -1.17. The van der Waals surface area contributed by atoms with Crippen molar-refractivity contribution >= 4 is 17.2 Å². The Morgan fingerprint density at radius 2 is 2.37 bits per heavy atom. The predicted molar refractivity (Wildman–Crippen MR) is 79.8 cm³/mol. The monoisotopic (exact) mass is 280 g/mol. The fourth-order valence-electron chi connectivity index (χ4n) is 2.06. The molecule has 5 heteroatoms. The Kier molecular flexibility index (Phi) is 4.74. The van der Waals surface area contributed by atoms with Gasteiger partial charge < -0.3 is 20.1 Å². The van der Waals surface area contributed by atoms with Crippen LogP contribution in [0, 0.1) is 6.92 Å². The summed E-state index contributed by atoms with van der Waals surface area (Å²) >= 11 is 4.98. The van der Waals surface area contributed by atoms with E-state index >= 15 is 0 Å². The average Bonchev–Trinajstić information content (AvgIpc) is 2.37. The molecule has 104 valence electrons. The number of ether oxygens (including phenoxy) is 2. The van der Waals surface area contributed by atoms with Gasteiger partial charge in [-0.25, -0.2) is 0 Å². The molecule has 0 radical (unpaired) electrons. The van der Waals surface area contributed by atoms with Gasteiger partial charge in [0.2, 0.25) is 0 Å². The quantitative estimate of drug-likeness (QED) is 0.843. The summed E-state index contributed by atoms with van der Waals surface area (Å²) in [5, 5.41) is 0. The van der Waals surface area contributed by atoms with Crippen molar-refractivity contribution in [3.63, 3.8) is 0 Å². The maximum atomic E-state index is 5.85. The van der Waals surface area contributed by atoms with Gasteiger partial charge in [0, 0.05) is 18.7 Å². The Morgan fingerprint density at radius 3 is 3.05 bits per heavy atom. The number of nitrogens with two attached hydrogens (primary N) is 1. The maximum Gasteiger partial charge on any atom is 0.123 e. The third-order valence-corrected chi connectivity index (χ3v) is 3.47. The van der Waals surface area contributed by atoms with Crippen molar-refractivity contribution in [3.8, 4) is 5.75 Å². The van der Waals surface area contributed by atoms with E-state index in [4.69, 9.17) is 27.4 Å². The Labute approximate surface area is 119 Å². The molecule has 0 bridgehead atoms. The van der Waals surface area contributed by atoms with Crippen LogP contribution >= 0.6 is 12.2 Å². The lowest BCUT2D eigenvalue weighted by Crippen LogP contribution is -2.42. The van der Waals surface area contributed by atoms with Gasteiger partial charge in [0.25, 0.3) is 0 Å². The van der Waals surface area contributed by atoms with Crippen molar-refractivity contribution in [2.45, 2.75) is 13.0 Å². The van der Waals surface area contributed by atoms with Crippen LogP contribution in [0.3, 0.4) is 0 Å². The molecule has 2 rings (SSSR count). The fraction of sp³-hybridized carbons (Fsp3) is 0.500. The molecule has 1 unspecified atom stereocenters. The lowest BCUT2D eigenvalue weighted by Gasteiger charge is -2.30. The number of hydrogen-bond donors (Lipinski definition) is 1. The molecule has 1 atom stereocenters. The van der Waals surface area contributed by atoms with Gasteiger partial charge in [0.15, 0.2) is 0 Å². The van der Waals surface area contributed by atoms with E-state index in [1.165, 1.54) is 0 Å². The van der Waals surface area contributed by atoms with E-state index in [0.717, 1.165) is 36.6 Å². The normalized spacial score (nSPS) is 20.2. The molecular weight excluding hydrogens is 260 g/mol. The molecule has 0 saturated carbocycles. The molecule has 0 aliphatic carbocycles. The molecule has 0 aromatic heterocycles. The Bertz CT molecular complexity index is 465. The summed E-state index contributed by atoms with van der Waals surface area (Å²) in [5.74, 6) is 0.821. The zero-order chi connectivity index (χ0) is 13.8. The van der Waals surface area contributed by atoms with Gasteiger partial charge in [0.05, 0.1) is 6.61 Å². The molecule has 1 fully saturated rings. The number of rotatable bonds is 4. The average molecular weight is 280 g/mol. The van der Waals surface area contributed by atoms with Crippen LogP contribution in [0.15, 0.2) is 18.2 Å². The van der Waals surface area contributed by atoms with Crippen molar-refractivity contribution in [1.29, 1.82) is 0 Å². The lowest BCUT2D eigenvalue weighted by molar-refractivity contribution is -0.0404. The highest BCUT2D eigenvalue weighted by molar-refractivity contribution is 7.80. The summed E-state index contributed by atoms with van der Waals surface area (Å²) in [7, 11) is 2.09. The molecule has 1 saturated heterocycles. The maximum absolute atomic E-state index is 5.85. The minimum atomic E-state index is 0.117. The predicted octanol–water partition coefficient (Wildman–Crippen LogP) is 1.34. The van der Waals surface area contributed by atoms with Crippen molar-refractivity contribution in [3.05, 3.63) is 29.3 Å². The molecule has 0 spiro atoms. The molecule has 0 amide bonds. The van der Waals surface area contributed by atoms with Gasteiger partial charge in [0.1, 0.15) is 23.4 Å². The van der Waals surface area contributed by atoms with E-state index in [0.29, 0.717) is 11.6 Å². The van der Waals surface area contributed by atoms with Gasteiger partial charge in [-0.1, -0.05) is 24.4 Å². The SMILES string of the molecule is Cc1ccc(C(N)=S)cc1OCC1CN(C)CCO1. The van der Waals surface area contributed by atoms with Crippen LogP contribution in [-0.4, -0.2) is 49.3 Å². The van der Waals surface area contributed by atoms with Gasteiger partial charge in [-0.2, -0.15) is 0 Å². The highest BCUT2D eigenvalue weighted by Gasteiger charge is 2.18. The van der Waals surface area contributed by atoms with E-state index in [9.17, 15) is 0 Å². The first-order valence-electron chi connectivity index (χ1n) is 6.39. The van der Waals surface area contributed by atoms with Crippen molar-refractivity contribution in [2.24, 2.45) is 5.73 Å². The molecular formula is C14H20N2O2S. The first-order valence-corrected chi connectivity index (χ1v) is 6.80. The summed E-state index contributed by atoms with van der Waals surface area (Å²) < 4.78 is 11.5. The standard InChI is InChI=1S/C14H20N2O2S/c1-10-3-4-11(14(15)19)7-13(10)18-9-12-8-16(2)5-6-17-12/h3-4,7,12H,5-6,8-9H2,1-2H3,(H2,15,19). The van der Waals surface area contributed by atoms with Crippen LogP contribution in [0.5, 0.6) is 5.75 Å². The van der Waals surface area contributed by atoms with Gasteiger partial charge in [-0.15, -0.1) is 0 Å². The minimum absolute atomic E-state index is 0.117. The number of benzene rings is 1. The minimum Gasteiger partial charge on any atom is -0.491 e. The number of hydrogen-bond acceptors (Lipinski definition) is 4. The second-order valence-corrected chi connectivity index (χ2v) is 5.35. The third kappa shape index (κ3) is 3.89. The summed E-state index contributed by atoms with van der Waals surface area (Å²) in [4.78, 5) is 2.63. The van der Waals surface area contributed by atoms with Crippen LogP contribution in [-0.2, 0) is 4.74 Å². The number of morpholine rings is 1. The van der Waals surface area contributed by atoms with E-state index in [1.54, 1.807) is 0 Å². The zero-order valence-electron chi connectivity index (χ0n) is 11.4. The zero-order valence-corrected chi connectivity index (χ0v) is 12.2. The van der Waals surface area contributed by atoms with Crippen LogP contribution in [0.4, 0.5) is 0 Å². The smallest absolute Gasteiger partial charge is 0.123 e. The summed E-state index contributed by atoms with van der Waals surface area (Å²) in [6.07, 6.45) is 0.117. The number of thiocarbonyl (C=S) groups is 1. The molecule has 4 nitrogen and oxygen atoms in total. The van der Waals surface area contributed by atoms with Crippen LogP contribution in [0.25, 0.3) is 0 Å². The van der Waals surface area contributed by atoms with Gasteiger partial charge in [-0.3, -0.25) is 0 Å². The van der Waals surface area contributed by atoms with E-state index in [1.807, 2.05) is 25.1 Å². The first-order chi connectivity index (χ1) is 9.06. The van der Waals surface area contributed by atoms with Crippen molar-refractivity contribution in [2.75, 3.05) is 33.4 Å². The second-order valence-electron chi connectivity index (χ2n) is 4.91. The lowest BCUT2D eigenvalue weighted by atomic mass is 10.1. The third-order valence-electron chi connectivity index (χ3n) is 3.24. The molecule has 1 aliphatic rings. The molecule has 1 heterocycles. The molecule has 19 heavy (non-hydrogen) atoms. The number of likely N-dealkylation sites (N-methyl/N-ethyl adjacent to an activating group) is 1. The van der Waals surface area contributed by atoms with E-state index < -0.39 is 0 Å². The van der Waals surface area contributed by atoms with Crippen LogP contribution in [0.2, 0.25) is 0 Å². The van der Waals surface area contributed by atoms with Crippen molar-refractivity contribution < 1.29 is 9.47 Å². The summed E-state index contributed by atoms with van der Waals surface area (Å²) in [6.45, 7) is 5.19. The fourth-order valence-corrected chi connectivity index (χ4v) is 2.19. The topological polar surface area (TPSA) is 47.7 Å². The molecule has 2 N–H and O–H groups in total. The van der Waals surface area contributed by atoms with Gasteiger partial charge in [-0.05, 0) is 25.6 Å². The van der Waals surface area contributed by atoms with Crippen LogP contribution in [0.1, 0.15) is 11.1 Å². The Balaban J connectivity index is 1.98. The highest BCUT2D eigenvalue weighted by atomic mass is 32.1.